The molecule has 0 saturated carbocycles. The maximum Gasteiger partial charge on any atom is 0.274 e. The summed E-state index contributed by atoms with van der Waals surface area (Å²) in [6.07, 6.45) is 0. The lowest BCUT2D eigenvalue weighted by atomic mass is 9.94. The molecule has 1 unspecified atom stereocenters. The Bertz CT molecular complexity index is 1010. The van der Waals surface area contributed by atoms with E-state index in [1.165, 1.54) is 12.1 Å². The van der Waals surface area contributed by atoms with E-state index in [1.54, 1.807) is 54.0 Å². The van der Waals surface area contributed by atoms with Crippen LogP contribution in [0.25, 0.3) is 11.1 Å². The second-order valence-corrected chi connectivity index (χ2v) is 7.34. The number of hydroxylamine groups is 1. The first-order chi connectivity index (χ1) is 14.4. The van der Waals surface area contributed by atoms with Crippen molar-refractivity contribution in [1.29, 1.82) is 0 Å². The number of halogens is 1. The van der Waals surface area contributed by atoms with Crippen LogP contribution in [0, 0.1) is 11.7 Å². The Hall–Kier alpha value is -3.51. The maximum atomic E-state index is 13.1. The zero-order chi connectivity index (χ0) is 21.7. The van der Waals surface area contributed by atoms with Crippen molar-refractivity contribution in [2.75, 3.05) is 0 Å². The number of rotatable bonds is 6. The van der Waals surface area contributed by atoms with Gasteiger partial charge in [-0.2, -0.15) is 0 Å². The molecule has 0 spiro atoms. The average molecular weight is 406 g/mol. The molecule has 0 fully saturated rings. The lowest BCUT2D eigenvalue weighted by Gasteiger charge is -2.23. The highest BCUT2D eigenvalue weighted by atomic mass is 19.1. The third-order valence-corrected chi connectivity index (χ3v) is 4.91. The largest absolute Gasteiger partial charge is 0.345 e. The maximum absolute atomic E-state index is 13.1. The summed E-state index contributed by atoms with van der Waals surface area (Å²) >= 11 is 0. The van der Waals surface area contributed by atoms with Crippen LogP contribution in [0.5, 0.6) is 0 Å². The van der Waals surface area contributed by atoms with Crippen molar-refractivity contribution in [2.24, 2.45) is 5.92 Å². The molecule has 2 amide bonds. The molecule has 0 aliphatic heterocycles. The van der Waals surface area contributed by atoms with Crippen molar-refractivity contribution in [3.8, 4) is 11.1 Å². The number of nitrogens with one attached hydrogen (secondary N) is 2. The smallest absolute Gasteiger partial charge is 0.274 e. The molecule has 5 nitrogen and oxygen atoms in total. The van der Waals surface area contributed by atoms with E-state index in [0.29, 0.717) is 11.1 Å². The van der Waals surface area contributed by atoms with Crippen LogP contribution < -0.4 is 10.8 Å². The van der Waals surface area contributed by atoms with Crippen molar-refractivity contribution < 1.29 is 19.2 Å². The number of hydrogen-bond donors (Lipinski definition) is 3. The van der Waals surface area contributed by atoms with E-state index in [-0.39, 0.29) is 23.7 Å². The van der Waals surface area contributed by atoms with E-state index < -0.39 is 5.91 Å². The van der Waals surface area contributed by atoms with Gasteiger partial charge in [0.15, 0.2) is 0 Å². The van der Waals surface area contributed by atoms with Crippen LogP contribution in [-0.2, 0) is 0 Å². The summed E-state index contributed by atoms with van der Waals surface area (Å²) in [5, 5.41) is 11.8. The molecule has 6 heteroatoms. The lowest BCUT2D eigenvalue weighted by molar-refractivity contribution is 0.0706. The van der Waals surface area contributed by atoms with Crippen LogP contribution in [0.2, 0.25) is 0 Å². The zero-order valence-electron chi connectivity index (χ0n) is 16.7. The Morgan fingerprint density at radius 1 is 0.767 bits per heavy atom. The monoisotopic (exact) mass is 406 g/mol. The van der Waals surface area contributed by atoms with Gasteiger partial charge in [-0.05, 0) is 59.0 Å². The summed E-state index contributed by atoms with van der Waals surface area (Å²) in [4.78, 5) is 24.3. The minimum Gasteiger partial charge on any atom is -0.345 e. The predicted octanol–water partition coefficient (Wildman–Crippen LogP) is 4.74. The Morgan fingerprint density at radius 2 is 1.23 bits per heavy atom. The fourth-order valence-electron chi connectivity index (χ4n) is 3.22. The molecule has 0 radical (unpaired) electrons. The minimum absolute atomic E-state index is 0.116. The highest BCUT2D eigenvalue weighted by molar-refractivity contribution is 5.95. The second kappa shape index (κ2) is 9.33. The first-order valence-electron chi connectivity index (χ1n) is 9.60. The third kappa shape index (κ3) is 4.90. The summed E-state index contributed by atoms with van der Waals surface area (Å²) in [6.45, 7) is 3.99. The fourth-order valence-corrected chi connectivity index (χ4v) is 3.22. The van der Waals surface area contributed by atoms with Crippen molar-refractivity contribution in [3.63, 3.8) is 0 Å². The number of carbonyl (C=O) groups excluding carboxylic acids is 2. The molecule has 0 bridgehead atoms. The quantitative estimate of drug-likeness (QED) is 0.409. The van der Waals surface area contributed by atoms with E-state index in [1.807, 2.05) is 26.0 Å². The summed E-state index contributed by atoms with van der Waals surface area (Å²) in [7, 11) is 0. The molecule has 0 aliphatic rings. The van der Waals surface area contributed by atoms with Gasteiger partial charge in [0.25, 0.3) is 11.8 Å². The Kier molecular flexibility index (Phi) is 6.59. The summed E-state index contributed by atoms with van der Waals surface area (Å²) in [6, 6.07) is 19.8. The van der Waals surface area contributed by atoms with Gasteiger partial charge in [-0.25, -0.2) is 9.87 Å². The number of carbonyl (C=O) groups is 2. The molecule has 0 aliphatic carbocycles. The minimum atomic E-state index is -0.590. The van der Waals surface area contributed by atoms with Gasteiger partial charge in [-0.15, -0.1) is 0 Å². The van der Waals surface area contributed by atoms with Crippen LogP contribution in [0.15, 0.2) is 72.8 Å². The average Bonchev–Trinajstić information content (AvgIpc) is 2.77. The summed E-state index contributed by atoms with van der Waals surface area (Å²) < 4.78 is 13.1. The molecule has 30 heavy (non-hydrogen) atoms. The normalized spacial score (nSPS) is 11.8. The van der Waals surface area contributed by atoms with E-state index >= 15 is 0 Å². The first kappa shape index (κ1) is 21.2. The van der Waals surface area contributed by atoms with E-state index in [2.05, 4.69) is 5.32 Å². The Morgan fingerprint density at radius 3 is 1.73 bits per heavy atom. The zero-order valence-corrected chi connectivity index (χ0v) is 16.7. The van der Waals surface area contributed by atoms with Crippen LogP contribution in [-0.4, -0.2) is 17.0 Å². The lowest BCUT2D eigenvalue weighted by Crippen LogP contribution is -2.31. The van der Waals surface area contributed by atoms with Gasteiger partial charge < -0.3 is 5.32 Å². The SMILES string of the molecule is CC(C)C(NC(=O)c1ccc(-c2ccc(F)cc2)cc1)c1ccc(C(=O)NO)cc1. The third-order valence-electron chi connectivity index (χ3n) is 4.91. The molecule has 0 aromatic heterocycles. The molecular formula is C24H23FN2O3. The molecular weight excluding hydrogens is 383 g/mol. The number of hydrogen-bond acceptors (Lipinski definition) is 3. The van der Waals surface area contributed by atoms with E-state index in [4.69, 9.17) is 5.21 Å². The molecule has 3 aromatic carbocycles. The van der Waals surface area contributed by atoms with Gasteiger partial charge in [0.1, 0.15) is 5.82 Å². The molecule has 0 heterocycles. The van der Waals surface area contributed by atoms with Gasteiger partial charge in [-0.1, -0.05) is 50.2 Å². The van der Waals surface area contributed by atoms with Crippen molar-refractivity contribution in [1.82, 2.24) is 10.8 Å². The van der Waals surface area contributed by atoms with Crippen molar-refractivity contribution in [2.45, 2.75) is 19.9 Å². The molecule has 0 saturated heterocycles. The summed E-state index contributed by atoms with van der Waals surface area (Å²) in [5.74, 6) is -0.978. The van der Waals surface area contributed by atoms with Crippen LogP contribution in [0.4, 0.5) is 4.39 Å². The number of benzene rings is 3. The van der Waals surface area contributed by atoms with Gasteiger partial charge in [-0.3, -0.25) is 14.8 Å². The second-order valence-electron chi connectivity index (χ2n) is 7.34. The van der Waals surface area contributed by atoms with Gasteiger partial charge in [0.2, 0.25) is 0 Å². The molecule has 154 valence electrons. The van der Waals surface area contributed by atoms with Gasteiger partial charge in [0, 0.05) is 11.1 Å². The van der Waals surface area contributed by atoms with Crippen LogP contribution in [0.1, 0.15) is 46.2 Å². The topological polar surface area (TPSA) is 78.4 Å². The molecule has 3 aromatic rings. The van der Waals surface area contributed by atoms with Crippen molar-refractivity contribution >= 4 is 11.8 Å². The Balaban J connectivity index is 1.75. The van der Waals surface area contributed by atoms with Gasteiger partial charge in [0.05, 0.1) is 6.04 Å². The van der Waals surface area contributed by atoms with Crippen LogP contribution >= 0.6 is 0 Å². The fraction of sp³-hybridized carbons (Fsp3) is 0.167. The van der Waals surface area contributed by atoms with E-state index in [9.17, 15) is 14.0 Å². The highest BCUT2D eigenvalue weighted by Gasteiger charge is 2.19. The standard InChI is InChI=1S/C24H23FN2O3/c1-15(2)22(18-5-9-20(10-6-18)24(29)27-30)26-23(28)19-7-3-16(4-8-19)17-11-13-21(25)14-12-17/h3-15,22,30H,1-2H3,(H,26,28)(H,27,29). The predicted molar refractivity (Wildman–Crippen MR) is 113 cm³/mol. The number of amides is 2. The van der Waals surface area contributed by atoms with Crippen molar-refractivity contribution in [3.05, 3.63) is 95.3 Å². The molecule has 1 atom stereocenters. The summed E-state index contributed by atoms with van der Waals surface area (Å²) in [5.41, 5.74) is 5.06. The highest BCUT2D eigenvalue weighted by Crippen LogP contribution is 2.24. The van der Waals surface area contributed by atoms with Gasteiger partial charge >= 0.3 is 0 Å². The van der Waals surface area contributed by atoms with E-state index in [0.717, 1.165) is 16.7 Å². The Labute approximate surface area is 174 Å². The molecule has 3 rings (SSSR count). The first-order valence-corrected chi connectivity index (χ1v) is 9.60. The molecule has 3 N–H and O–H groups in total. The van der Waals surface area contributed by atoms with Crippen LogP contribution in [0.3, 0.4) is 0 Å².